The van der Waals surface area contributed by atoms with Crippen LogP contribution in [0.5, 0.6) is 0 Å². The van der Waals surface area contributed by atoms with Crippen LogP contribution in [0.3, 0.4) is 0 Å². The lowest BCUT2D eigenvalue weighted by Gasteiger charge is -2.19. The first-order valence-electron chi connectivity index (χ1n) is 7.64. The Morgan fingerprint density at radius 1 is 1.32 bits per heavy atom. The first kappa shape index (κ1) is 18.4. The zero-order valence-electron chi connectivity index (χ0n) is 14.5. The van der Waals surface area contributed by atoms with Crippen LogP contribution in [0.25, 0.3) is 11.8 Å². The summed E-state index contributed by atoms with van der Waals surface area (Å²) in [6, 6.07) is 5.84. The van der Waals surface area contributed by atoms with E-state index in [0.29, 0.717) is 16.8 Å². The highest BCUT2D eigenvalue weighted by atomic mass is 19.1. The van der Waals surface area contributed by atoms with Crippen molar-refractivity contribution in [1.82, 2.24) is 9.97 Å². The van der Waals surface area contributed by atoms with E-state index < -0.39 is 11.7 Å². The van der Waals surface area contributed by atoms with Gasteiger partial charge in [0, 0.05) is 17.8 Å². The number of carbonyl (C=O) groups excluding carboxylic acids is 1. The molecule has 0 aliphatic heterocycles. The third kappa shape index (κ3) is 5.56. The van der Waals surface area contributed by atoms with E-state index in [1.54, 1.807) is 33.8 Å². The summed E-state index contributed by atoms with van der Waals surface area (Å²) in [5.74, 6) is -0.376. The summed E-state index contributed by atoms with van der Waals surface area (Å²) in [6.45, 7) is 6.85. The number of hydrogen-bond donors (Lipinski definition) is 2. The highest BCUT2D eigenvalue weighted by Gasteiger charge is 2.17. The average molecular weight is 345 g/mol. The number of benzene rings is 1. The molecule has 0 aliphatic carbocycles. The number of aryl methyl sites for hydroxylation is 1. The molecule has 132 valence electrons. The summed E-state index contributed by atoms with van der Waals surface area (Å²) >= 11 is 0. The maximum Gasteiger partial charge on any atom is 0.414 e. The summed E-state index contributed by atoms with van der Waals surface area (Å²) in [4.78, 5) is 19.8. The van der Waals surface area contributed by atoms with Crippen LogP contribution >= 0.6 is 0 Å². The van der Waals surface area contributed by atoms with E-state index in [2.05, 4.69) is 15.3 Å². The summed E-state index contributed by atoms with van der Waals surface area (Å²) in [5, 5.41) is 12.6. The first-order valence-corrected chi connectivity index (χ1v) is 7.64. The third-order valence-electron chi connectivity index (χ3n) is 3.03. The zero-order valence-corrected chi connectivity index (χ0v) is 14.5. The van der Waals surface area contributed by atoms with Crippen molar-refractivity contribution < 1.29 is 19.0 Å². The molecule has 0 radical (unpaired) electrons. The Morgan fingerprint density at radius 2 is 2.04 bits per heavy atom. The van der Waals surface area contributed by atoms with Gasteiger partial charge in [-0.3, -0.25) is 5.32 Å². The molecule has 0 spiro atoms. The molecule has 0 fully saturated rings. The monoisotopic (exact) mass is 345 g/mol. The lowest BCUT2D eigenvalue weighted by molar-refractivity contribution is 0.0634. The zero-order chi connectivity index (χ0) is 18.6. The van der Waals surface area contributed by atoms with Gasteiger partial charge in [0.15, 0.2) is 0 Å². The van der Waals surface area contributed by atoms with Crippen LogP contribution in [0.15, 0.2) is 30.5 Å². The molecule has 2 rings (SSSR count). The van der Waals surface area contributed by atoms with Gasteiger partial charge in [-0.15, -0.1) is 0 Å². The number of nitrogens with one attached hydrogen (secondary N) is 1. The second kappa shape index (κ2) is 7.29. The van der Waals surface area contributed by atoms with Crippen molar-refractivity contribution in [2.24, 2.45) is 0 Å². The highest BCUT2D eigenvalue weighted by Crippen LogP contribution is 2.18. The number of aliphatic hydroxyl groups excluding tert-OH is 1. The Labute approximate surface area is 145 Å². The standard InChI is InChI=1S/C18H20FN3O3/c1-11-9-12(5-6-14(11)19)15(23)10-13-7-8-20-16(21-13)22-17(24)25-18(2,3)4/h5-10,23H,1-4H3,(H,20,21,22,24)/b15-10-. The molecule has 1 amide bonds. The molecule has 1 aromatic carbocycles. The molecule has 0 unspecified atom stereocenters. The number of aliphatic hydroxyl groups is 1. The second-order valence-corrected chi connectivity index (χ2v) is 6.43. The fourth-order valence-corrected chi connectivity index (χ4v) is 1.94. The molecule has 0 saturated carbocycles. The minimum Gasteiger partial charge on any atom is -0.507 e. The Bertz CT molecular complexity index is 813. The maximum absolute atomic E-state index is 13.3. The van der Waals surface area contributed by atoms with E-state index in [0.717, 1.165) is 0 Å². The maximum atomic E-state index is 13.3. The van der Waals surface area contributed by atoms with Crippen LogP contribution in [0, 0.1) is 12.7 Å². The summed E-state index contributed by atoms with van der Waals surface area (Å²) in [6.07, 6.45) is 2.16. The van der Waals surface area contributed by atoms with Gasteiger partial charge in [-0.25, -0.2) is 19.2 Å². The van der Waals surface area contributed by atoms with Crippen LogP contribution in [0.2, 0.25) is 0 Å². The van der Waals surface area contributed by atoms with Gasteiger partial charge >= 0.3 is 6.09 Å². The van der Waals surface area contributed by atoms with Crippen LogP contribution in [0.1, 0.15) is 37.6 Å². The molecule has 1 heterocycles. The Hall–Kier alpha value is -2.96. The predicted molar refractivity (Wildman–Crippen MR) is 93.5 cm³/mol. The third-order valence-corrected chi connectivity index (χ3v) is 3.03. The Kier molecular flexibility index (Phi) is 5.36. The molecule has 2 aromatic rings. The second-order valence-electron chi connectivity index (χ2n) is 6.43. The van der Waals surface area contributed by atoms with Crippen LogP contribution in [0.4, 0.5) is 15.1 Å². The minimum atomic E-state index is -0.674. The van der Waals surface area contributed by atoms with Crippen molar-refractivity contribution in [3.63, 3.8) is 0 Å². The molecular formula is C18H20FN3O3. The number of aromatic nitrogens is 2. The van der Waals surface area contributed by atoms with Crippen LogP contribution < -0.4 is 5.32 Å². The van der Waals surface area contributed by atoms with E-state index >= 15 is 0 Å². The van der Waals surface area contributed by atoms with E-state index in [1.165, 1.54) is 30.5 Å². The van der Waals surface area contributed by atoms with Gasteiger partial charge in [-0.05, 0) is 57.5 Å². The van der Waals surface area contributed by atoms with E-state index in [4.69, 9.17) is 4.74 Å². The van der Waals surface area contributed by atoms with Gasteiger partial charge < -0.3 is 9.84 Å². The number of rotatable bonds is 3. The molecule has 0 atom stereocenters. The number of amides is 1. The fourth-order valence-electron chi connectivity index (χ4n) is 1.94. The van der Waals surface area contributed by atoms with Gasteiger partial charge in [0.05, 0.1) is 5.69 Å². The normalized spacial score (nSPS) is 12.0. The lowest BCUT2D eigenvalue weighted by Crippen LogP contribution is -2.27. The van der Waals surface area contributed by atoms with Gasteiger partial charge in [-0.2, -0.15) is 0 Å². The molecule has 1 aromatic heterocycles. The van der Waals surface area contributed by atoms with Crippen LogP contribution in [-0.2, 0) is 4.74 Å². The SMILES string of the molecule is Cc1cc(/C(O)=C/c2ccnc(NC(=O)OC(C)(C)C)n2)ccc1F. The van der Waals surface area contributed by atoms with Crippen molar-refractivity contribution in [3.05, 3.63) is 53.1 Å². The van der Waals surface area contributed by atoms with E-state index in [1.807, 2.05) is 0 Å². The highest BCUT2D eigenvalue weighted by molar-refractivity contribution is 5.83. The predicted octanol–water partition coefficient (Wildman–Crippen LogP) is 4.33. The van der Waals surface area contributed by atoms with E-state index in [-0.39, 0.29) is 17.5 Å². The largest absolute Gasteiger partial charge is 0.507 e. The summed E-state index contributed by atoms with van der Waals surface area (Å²) < 4.78 is 18.4. The Morgan fingerprint density at radius 3 is 2.68 bits per heavy atom. The van der Waals surface area contributed by atoms with Crippen molar-refractivity contribution in [2.75, 3.05) is 5.32 Å². The van der Waals surface area contributed by atoms with Crippen LogP contribution in [-0.4, -0.2) is 26.8 Å². The number of ether oxygens (including phenoxy) is 1. The number of carbonyl (C=O) groups is 1. The van der Waals surface area contributed by atoms with Crippen molar-refractivity contribution in [2.45, 2.75) is 33.3 Å². The molecule has 2 N–H and O–H groups in total. The quantitative estimate of drug-likeness (QED) is 0.809. The van der Waals surface area contributed by atoms with E-state index in [9.17, 15) is 14.3 Å². The van der Waals surface area contributed by atoms with Crippen molar-refractivity contribution in [3.8, 4) is 0 Å². The minimum absolute atomic E-state index is 0.0473. The molecule has 0 saturated heterocycles. The lowest BCUT2D eigenvalue weighted by atomic mass is 10.1. The van der Waals surface area contributed by atoms with Crippen molar-refractivity contribution in [1.29, 1.82) is 0 Å². The topological polar surface area (TPSA) is 84.3 Å². The molecule has 25 heavy (non-hydrogen) atoms. The smallest absolute Gasteiger partial charge is 0.414 e. The molecule has 6 nitrogen and oxygen atoms in total. The molecule has 0 bridgehead atoms. The number of halogens is 1. The fraction of sp³-hybridized carbons (Fsp3) is 0.278. The van der Waals surface area contributed by atoms with Crippen molar-refractivity contribution >= 4 is 23.9 Å². The van der Waals surface area contributed by atoms with Gasteiger partial charge in [0.1, 0.15) is 17.2 Å². The van der Waals surface area contributed by atoms with Gasteiger partial charge in [0.2, 0.25) is 5.95 Å². The molecule has 7 heteroatoms. The first-order chi connectivity index (χ1) is 11.6. The number of nitrogens with zero attached hydrogens (tertiary/aromatic N) is 2. The summed E-state index contributed by atoms with van der Waals surface area (Å²) in [7, 11) is 0. The molecule has 0 aliphatic rings. The average Bonchev–Trinajstić information content (AvgIpc) is 2.48. The number of anilines is 1. The van der Waals surface area contributed by atoms with Gasteiger partial charge in [-0.1, -0.05) is 0 Å². The summed E-state index contributed by atoms with van der Waals surface area (Å²) in [5.41, 5.74) is 0.618. The number of hydrogen-bond acceptors (Lipinski definition) is 5. The molecular weight excluding hydrogens is 325 g/mol. The van der Waals surface area contributed by atoms with Gasteiger partial charge in [0.25, 0.3) is 0 Å². The Balaban J connectivity index is 2.17.